The number of hydrogen-bond acceptors (Lipinski definition) is 4. The molecule has 0 fully saturated rings. The Labute approximate surface area is 128 Å². The van der Waals surface area contributed by atoms with Crippen molar-refractivity contribution < 1.29 is 4.79 Å². The lowest BCUT2D eigenvalue weighted by Crippen LogP contribution is -2.36. The van der Waals surface area contributed by atoms with Crippen molar-refractivity contribution >= 4 is 23.5 Å². The fourth-order valence-corrected chi connectivity index (χ4v) is 2.12. The van der Waals surface area contributed by atoms with Crippen LogP contribution >= 0.6 is 11.6 Å². The zero-order chi connectivity index (χ0) is 15.2. The number of carbonyl (C=O) groups is 1. The van der Waals surface area contributed by atoms with Crippen molar-refractivity contribution in [2.45, 2.75) is 25.8 Å². The second kappa shape index (κ2) is 7.15. The molecule has 0 bridgehead atoms. The number of halogens is 1. The molecule has 0 spiro atoms. The van der Waals surface area contributed by atoms with E-state index in [1.165, 1.54) is 0 Å². The van der Waals surface area contributed by atoms with Crippen molar-refractivity contribution in [1.29, 1.82) is 0 Å². The van der Waals surface area contributed by atoms with Gasteiger partial charge in [0.1, 0.15) is 5.15 Å². The topological polar surface area (TPSA) is 80.9 Å². The minimum absolute atomic E-state index is 0.181. The highest BCUT2D eigenvalue weighted by Crippen LogP contribution is 2.10. The molecule has 0 saturated carbocycles. The van der Waals surface area contributed by atoms with Gasteiger partial charge in [-0.15, -0.1) is 0 Å². The highest BCUT2D eigenvalue weighted by molar-refractivity contribution is 6.29. The van der Waals surface area contributed by atoms with Gasteiger partial charge in [0.05, 0.1) is 6.04 Å². The van der Waals surface area contributed by atoms with Crippen molar-refractivity contribution in [3.05, 3.63) is 52.8 Å². The summed E-state index contributed by atoms with van der Waals surface area (Å²) in [4.78, 5) is 20.0. The second-order valence-corrected chi connectivity index (χ2v) is 5.16. The zero-order valence-electron chi connectivity index (χ0n) is 11.7. The van der Waals surface area contributed by atoms with Gasteiger partial charge in [0.15, 0.2) is 0 Å². The smallest absolute Gasteiger partial charge is 0.243 e. The molecular formula is C15H17ClN4O. The summed E-state index contributed by atoms with van der Waals surface area (Å²) >= 11 is 5.82. The minimum atomic E-state index is -0.618. The molecule has 110 valence electrons. The molecule has 1 aromatic heterocycles. The average Bonchev–Trinajstić information content (AvgIpc) is 2.44. The predicted octanol–water partition coefficient (Wildman–Crippen LogP) is 2.34. The Morgan fingerprint density at radius 3 is 2.71 bits per heavy atom. The molecule has 1 atom stereocenters. The van der Waals surface area contributed by atoms with Crippen LogP contribution in [-0.2, 0) is 11.2 Å². The molecule has 2 aromatic rings. The van der Waals surface area contributed by atoms with Crippen LogP contribution in [0.1, 0.15) is 17.7 Å². The van der Waals surface area contributed by atoms with Gasteiger partial charge in [0, 0.05) is 5.69 Å². The van der Waals surface area contributed by atoms with E-state index in [1.807, 2.05) is 30.3 Å². The predicted molar refractivity (Wildman–Crippen MR) is 83.1 cm³/mol. The van der Waals surface area contributed by atoms with Crippen molar-refractivity contribution in [2.24, 2.45) is 5.73 Å². The van der Waals surface area contributed by atoms with Crippen LogP contribution in [0.15, 0.2) is 36.4 Å². The number of aromatic nitrogens is 2. The molecule has 1 aromatic carbocycles. The number of anilines is 1. The van der Waals surface area contributed by atoms with Gasteiger partial charge in [0.25, 0.3) is 0 Å². The maximum Gasteiger partial charge on any atom is 0.243 e. The second-order valence-electron chi connectivity index (χ2n) is 4.78. The fraction of sp³-hybridized carbons (Fsp3) is 0.267. The molecule has 21 heavy (non-hydrogen) atoms. The first-order valence-corrected chi connectivity index (χ1v) is 7.04. The van der Waals surface area contributed by atoms with Gasteiger partial charge in [-0.25, -0.2) is 9.97 Å². The highest BCUT2D eigenvalue weighted by atomic mass is 35.5. The molecule has 0 aliphatic heterocycles. The lowest BCUT2D eigenvalue weighted by Gasteiger charge is -2.11. The summed E-state index contributed by atoms with van der Waals surface area (Å²) < 4.78 is 0. The molecule has 0 radical (unpaired) electrons. The van der Waals surface area contributed by atoms with E-state index in [0.29, 0.717) is 12.1 Å². The van der Waals surface area contributed by atoms with Crippen LogP contribution in [0.25, 0.3) is 0 Å². The van der Waals surface area contributed by atoms with Crippen LogP contribution in [0, 0.1) is 6.92 Å². The summed E-state index contributed by atoms with van der Waals surface area (Å²) in [7, 11) is 0. The molecule has 1 heterocycles. The van der Waals surface area contributed by atoms with Gasteiger partial charge in [-0.05, 0) is 31.4 Å². The number of carbonyl (C=O) groups excluding carboxylic acids is 1. The summed E-state index contributed by atoms with van der Waals surface area (Å²) in [6, 6.07) is 10.9. The molecule has 0 aliphatic carbocycles. The third-order valence-corrected chi connectivity index (χ3v) is 3.18. The first-order valence-electron chi connectivity index (χ1n) is 6.66. The quantitative estimate of drug-likeness (QED) is 0.831. The van der Waals surface area contributed by atoms with Crippen LogP contribution in [0.5, 0.6) is 0 Å². The summed E-state index contributed by atoms with van der Waals surface area (Å²) in [5.74, 6) is -0.132. The van der Waals surface area contributed by atoms with Crippen LogP contribution in [0.3, 0.4) is 0 Å². The normalized spacial score (nSPS) is 12.0. The van der Waals surface area contributed by atoms with Crippen LogP contribution in [0.4, 0.5) is 5.95 Å². The summed E-state index contributed by atoms with van der Waals surface area (Å²) in [5.41, 5.74) is 7.72. The van der Waals surface area contributed by atoms with E-state index in [-0.39, 0.29) is 17.0 Å². The van der Waals surface area contributed by atoms with Gasteiger partial charge in [0.2, 0.25) is 11.9 Å². The number of aryl methyl sites for hydroxylation is 2. The molecule has 0 aliphatic rings. The van der Waals surface area contributed by atoms with E-state index in [9.17, 15) is 4.79 Å². The number of benzene rings is 1. The number of hydrogen-bond donors (Lipinski definition) is 2. The number of amides is 1. The molecule has 0 unspecified atom stereocenters. The maximum atomic E-state index is 12.0. The van der Waals surface area contributed by atoms with E-state index in [4.69, 9.17) is 17.3 Å². The van der Waals surface area contributed by atoms with E-state index in [1.54, 1.807) is 13.0 Å². The number of nitrogens with one attached hydrogen (secondary N) is 1. The van der Waals surface area contributed by atoms with E-state index in [0.717, 1.165) is 12.0 Å². The Bertz CT molecular complexity index is 598. The fourth-order valence-electron chi connectivity index (χ4n) is 1.89. The molecule has 0 saturated heterocycles. The monoisotopic (exact) mass is 304 g/mol. The first kappa shape index (κ1) is 15.4. The van der Waals surface area contributed by atoms with Crippen molar-refractivity contribution in [1.82, 2.24) is 9.97 Å². The molecule has 3 N–H and O–H groups in total. The molecule has 5 nitrogen and oxygen atoms in total. The number of nitrogens with two attached hydrogens (primary N) is 1. The van der Waals surface area contributed by atoms with Gasteiger partial charge in [-0.2, -0.15) is 0 Å². The van der Waals surface area contributed by atoms with Crippen LogP contribution in [0.2, 0.25) is 5.15 Å². The van der Waals surface area contributed by atoms with Crippen LogP contribution in [-0.4, -0.2) is 21.9 Å². The van der Waals surface area contributed by atoms with Gasteiger partial charge in [-0.3, -0.25) is 10.1 Å². The Balaban J connectivity index is 1.90. The Kier molecular flexibility index (Phi) is 5.25. The third kappa shape index (κ3) is 4.81. The standard InChI is InChI=1S/C15H17ClN4O/c1-10-9-13(16)19-15(18-10)20-14(21)12(17)8-7-11-5-3-2-4-6-11/h2-6,9,12H,7-8,17H2,1H3,(H,18,19,20,21)/t12-/m0/s1. The first-order chi connectivity index (χ1) is 10.0. The number of nitrogens with zero attached hydrogens (tertiary/aromatic N) is 2. The molecule has 2 rings (SSSR count). The lowest BCUT2D eigenvalue weighted by atomic mass is 10.1. The zero-order valence-corrected chi connectivity index (χ0v) is 12.5. The van der Waals surface area contributed by atoms with Gasteiger partial charge >= 0.3 is 0 Å². The molecule has 1 amide bonds. The lowest BCUT2D eigenvalue weighted by molar-refractivity contribution is -0.117. The van der Waals surface area contributed by atoms with E-state index < -0.39 is 6.04 Å². The van der Waals surface area contributed by atoms with Gasteiger partial charge in [-0.1, -0.05) is 41.9 Å². The Hall–Kier alpha value is -1.98. The summed E-state index contributed by atoms with van der Waals surface area (Å²) in [6.45, 7) is 1.78. The largest absolute Gasteiger partial charge is 0.320 e. The number of rotatable bonds is 5. The van der Waals surface area contributed by atoms with Crippen molar-refractivity contribution in [3.63, 3.8) is 0 Å². The Morgan fingerprint density at radius 2 is 2.05 bits per heavy atom. The Morgan fingerprint density at radius 1 is 1.33 bits per heavy atom. The van der Waals surface area contributed by atoms with Crippen molar-refractivity contribution in [2.75, 3.05) is 5.32 Å². The summed E-state index contributed by atoms with van der Waals surface area (Å²) in [6.07, 6.45) is 1.29. The SMILES string of the molecule is Cc1cc(Cl)nc(NC(=O)[C@@H](N)CCc2ccccc2)n1. The average molecular weight is 305 g/mol. The van der Waals surface area contributed by atoms with E-state index in [2.05, 4.69) is 15.3 Å². The molecular weight excluding hydrogens is 288 g/mol. The highest BCUT2D eigenvalue weighted by Gasteiger charge is 2.15. The summed E-state index contributed by atoms with van der Waals surface area (Å²) in [5, 5.41) is 2.88. The minimum Gasteiger partial charge on any atom is -0.320 e. The van der Waals surface area contributed by atoms with Gasteiger partial charge < -0.3 is 5.73 Å². The molecule has 6 heteroatoms. The maximum absolute atomic E-state index is 12.0. The van der Waals surface area contributed by atoms with E-state index >= 15 is 0 Å². The van der Waals surface area contributed by atoms with Crippen molar-refractivity contribution in [3.8, 4) is 0 Å². The van der Waals surface area contributed by atoms with Crippen LogP contribution < -0.4 is 11.1 Å². The third-order valence-electron chi connectivity index (χ3n) is 2.98.